The van der Waals surface area contributed by atoms with Gasteiger partial charge in [0, 0.05) is 5.69 Å². The summed E-state index contributed by atoms with van der Waals surface area (Å²) in [5.41, 5.74) is 6.72. The molecule has 1 rings (SSSR count). The van der Waals surface area contributed by atoms with Crippen LogP contribution in [0.1, 0.15) is 37.0 Å². The zero-order valence-corrected chi connectivity index (χ0v) is 14.9. The number of ether oxygens (including phenoxy) is 2. The van der Waals surface area contributed by atoms with Crippen molar-refractivity contribution in [3.63, 3.8) is 0 Å². The van der Waals surface area contributed by atoms with E-state index in [0.29, 0.717) is 24.5 Å². The monoisotopic (exact) mass is 344 g/mol. The molecule has 0 radical (unpaired) electrons. The van der Waals surface area contributed by atoms with Gasteiger partial charge >= 0.3 is 5.97 Å². The van der Waals surface area contributed by atoms with E-state index in [1.54, 1.807) is 29.2 Å². The SMILES string of the molecule is CCC[NH+](CCC)CCOCCOC(=O)c1ccc(N)cc1.[Cl-]. The van der Waals surface area contributed by atoms with Gasteiger partial charge < -0.3 is 32.5 Å². The fourth-order valence-electron chi connectivity index (χ4n) is 2.30. The molecule has 0 heterocycles. The maximum absolute atomic E-state index is 11.7. The Kier molecular flexibility index (Phi) is 12.4. The molecule has 1 aromatic carbocycles. The molecule has 0 fully saturated rings. The summed E-state index contributed by atoms with van der Waals surface area (Å²) in [6.07, 6.45) is 2.38. The van der Waals surface area contributed by atoms with E-state index in [9.17, 15) is 4.79 Å². The number of benzene rings is 1. The Labute approximate surface area is 145 Å². The van der Waals surface area contributed by atoms with E-state index < -0.39 is 0 Å². The molecule has 23 heavy (non-hydrogen) atoms. The molecule has 132 valence electrons. The smallest absolute Gasteiger partial charge is 0.338 e. The first-order valence-electron chi connectivity index (χ1n) is 8.11. The van der Waals surface area contributed by atoms with Crippen molar-refractivity contribution in [2.24, 2.45) is 0 Å². The van der Waals surface area contributed by atoms with E-state index in [0.717, 1.165) is 6.54 Å². The Balaban J connectivity index is 0.00000484. The van der Waals surface area contributed by atoms with Gasteiger partial charge in [-0.3, -0.25) is 0 Å². The average molecular weight is 345 g/mol. The number of carbonyl (C=O) groups excluding carboxylic acids is 1. The van der Waals surface area contributed by atoms with E-state index >= 15 is 0 Å². The van der Waals surface area contributed by atoms with Gasteiger partial charge in [-0.1, -0.05) is 13.8 Å². The maximum atomic E-state index is 11.7. The van der Waals surface area contributed by atoms with Crippen LogP contribution in [0.15, 0.2) is 24.3 Å². The molecule has 0 aliphatic rings. The number of halogens is 1. The fourth-order valence-corrected chi connectivity index (χ4v) is 2.30. The van der Waals surface area contributed by atoms with E-state index in [-0.39, 0.29) is 25.0 Å². The van der Waals surface area contributed by atoms with Crippen LogP contribution in [-0.2, 0) is 9.47 Å². The molecule has 1 aromatic rings. The van der Waals surface area contributed by atoms with Gasteiger partial charge in [0.25, 0.3) is 0 Å². The number of esters is 1. The molecule has 0 saturated carbocycles. The summed E-state index contributed by atoms with van der Waals surface area (Å²) >= 11 is 0. The molecule has 0 amide bonds. The summed E-state index contributed by atoms with van der Waals surface area (Å²) < 4.78 is 10.7. The Hall–Kier alpha value is -1.30. The summed E-state index contributed by atoms with van der Waals surface area (Å²) in [7, 11) is 0. The quantitative estimate of drug-likeness (QED) is 0.281. The Morgan fingerprint density at radius 1 is 1.00 bits per heavy atom. The molecule has 0 aliphatic carbocycles. The Bertz CT molecular complexity index is 420. The van der Waals surface area contributed by atoms with Crippen LogP contribution < -0.4 is 23.0 Å². The van der Waals surface area contributed by atoms with Crippen LogP contribution in [0.5, 0.6) is 0 Å². The van der Waals surface area contributed by atoms with Gasteiger partial charge in [-0.25, -0.2) is 4.79 Å². The van der Waals surface area contributed by atoms with Crippen molar-refractivity contribution < 1.29 is 31.6 Å². The molecule has 3 N–H and O–H groups in total. The van der Waals surface area contributed by atoms with Gasteiger partial charge in [0.05, 0.1) is 31.9 Å². The van der Waals surface area contributed by atoms with Crippen LogP contribution in [-0.4, -0.2) is 45.4 Å². The highest BCUT2D eigenvalue weighted by Crippen LogP contribution is 2.06. The number of carbonyl (C=O) groups is 1. The van der Waals surface area contributed by atoms with Gasteiger partial charge in [0.1, 0.15) is 13.2 Å². The van der Waals surface area contributed by atoms with Gasteiger partial charge in [-0.2, -0.15) is 0 Å². The second-order valence-electron chi connectivity index (χ2n) is 5.37. The standard InChI is InChI=1S/C17H28N2O3.ClH/c1-3-9-19(10-4-2)11-12-21-13-14-22-17(20)15-5-7-16(18)8-6-15;/h5-8H,3-4,9-14,18H2,1-2H3;1H. The lowest BCUT2D eigenvalue weighted by atomic mass is 10.2. The molecule has 6 heteroatoms. The number of hydrogen-bond donors (Lipinski definition) is 2. The topological polar surface area (TPSA) is 66.0 Å². The van der Waals surface area contributed by atoms with Crippen molar-refractivity contribution in [3.05, 3.63) is 29.8 Å². The number of nitrogens with two attached hydrogens (primary N) is 1. The first-order chi connectivity index (χ1) is 10.7. The molecule has 0 aromatic heterocycles. The lowest BCUT2D eigenvalue weighted by molar-refractivity contribution is -0.900. The van der Waals surface area contributed by atoms with Gasteiger partial charge in [0.15, 0.2) is 0 Å². The van der Waals surface area contributed by atoms with Crippen molar-refractivity contribution >= 4 is 11.7 Å². The van der Waals surface area contributed by atoms with Crippen LogP contribution >= 0.6 is 0 Å². The maximum Gasteiger partial charge on any atom is 0.338 e. The Morgan fingerprint density at radius 3 is 2.17 bits per heavy atom. The van der Waals surface area contributed by atoms with Crippen molar-refractivity contribution in [3.8, 4) is 0 Å². The van der Waals surface area contributed by atoms with Crippen LogP contribution in [0.2, 0.25) is 0 Å². The third-order valence-electron chi connectivity index (χ3n) is 3.41. The van der Waals surface area contributed by atoms with E-state index in [2.05, 4.69) is 13.8 Å². The van der Waals surface area contributed by atoms with Crippen LogP contribution in [0.25, 0.3) is 0 Å². The highest BCUT2D eigenvalue weighted by Gasteiger charge is 2.07. The minimum absolute atomic E-state index is 0. The third-order valence-corrected chi connectivity index (χ3v) is 3.41. The van der Waals surface area contributed by atoms with Crippen molar-refractivity contribution in [2.45, 2.75) is 26.7 Å². The number of nitrogen functional groups attached to an aromatic ring is 1. The van der Waals surface area contributed by atoms with Crippen LogP contribution in [0.4, 0.5) is 5.69 Å². The van der Waals surface area contributed by atoms with Crippen molar-refractivity contribution in [1.82, 2.24) is 0 Å². The average Bonchev–Trinajstić information content (AvgIpc) is 2.51. The minimum atomic E-state index is -0.340. The fraction of sp³-hybridized carbons (Fsp3) is 0.588. The molecule has 0 unspecified atom stereocenters. The molecule has 0 bridgehead atoms. The van der Waals surface area contributed by atoms with Gasteiger partial charge in [-0.15, -0.1) is 0 Å². The van der Waals surface area contributed by atoms with Gasteiger partial charge in [-0.05, 0) is 37.1 Å². The summed E-state index contributed by atoms with van der Waals surface area (Å²) in [4.78, 5) is 13.3. The molecule has 0 atom stereocenters. The normalized spacial score (nSPS) is 10.4. The molecule has 0 spiro atoms. The number of nitrogens with one attached hydrogen (secondary N) is 1. The zero-order chi connectivity index (χ0) is 16.2. The van der Waals surface area contributed by atoms with Crippen LogP contribution in [0.3, 0.4) is 0 Å². The van der Waals surface area contributed by atoms with Crippen molar-refractivity contribution in [2.75, 3.05) is 45.2 Å². The highest BCUT2D eigenvalue weighted by molar-refractivity contribution is 5.89. The summed E-state index contributed by atoms with van der Waals surface area (Å²) in [5.74, 6) is -0.340. The molecule has 0 saturated heterocycles. The number of hydrogen-bond acceptors (Lipinski definition) is 4. The Morgan fingerprint density at radius 2 is 1.61 bits per heavy atom. The number of quaternary nitrogens is 1. The second-order valence-corrected chi connectivity index (χ2v) is 5.37. The number of anilines is 1. The van der Waals surface area contributed by atoms with E-state index in [1.807, 2.05) is 0 Å². The lowest BCUT2D eigenvalue weighted by Gasteiger charge is -2.17. The van der Waals surface area contributed by atoms with Crippen LogP contribution in [0, 0.1) is 0 Å². The predicted molar refractivity (Wildman–Crippen MR) is 88.1 cm³/mol. The minimum Gasteiger partial charge on any atom is -1.00 e. The molecular formula is C17H29ClN2O3. The first kappa shape index (κ1) is 21.7. The lowest BCUT2D eigenvalue weighted by Crippen LogP contribution is -3.12. The van der Waals surface area contributed by atoms with E-state index in [4.69, 9.17) is 15.2 Å². The third kappa shape index (κ3) is 9.43. The summed E-state index contributed by atoms with van der Waals surface area (Å²) in [6, 6.07) is 6.70. The first-order valence-corrected chi connectivity index (χ1v) is 8.11. The second kappa shape index (κ2) is 13.2. The summed E-state index contributed by atoms with van der Waals surface area (Å²) in [6.45, 7) is 9.20. The zero-order valence-electron chi connectivity index (χ0n) is 14.1. The number of rotatable bonds is 11. The molecule has 0 aliphatic heterocycles. The van der Waals surface area contributed by atoms with Gasteiger partial charge in [0.2, 0.25) is 0 Å². The predicted octanol–water partition coefficient (Wildman–Crippen LogP) is -1.85. The molecule has 5 nitrogen and oxygen atoms in total. The van der Waals surface area contributed by atoms with E-state index in [1.165, 1.54) is 25.9 Å². The highest BCUT2D eigenvalue weighted by atomic mass is 35.5. The van der Waals surface area contributed by atoms with Crippen molar-refractivity contribution in [1.29, 1.82) is 0 Å². The summed E-state index contributed by atoms with van der Waals surface area (Å²) in [5, 5.41) is 0. The largest absolute Gasteiger partial charge is 1.00 e. The molecular weight excluding hydrogens is 316 g/mol.